The van der Waals surface area contributed by atoms with E-state index in [2.05, 4.69) is 36.4 Å². The molecule has 1 amide bonds. The molecule has 0 atom stereocenters. The molecule has 158 valence electrons. The summed E-state index contributed by atoms with van der Waals surface area (Å²) in [6.07, 6.45) is -0.478. The summed E-state index contributed by atoms with van der Waals surface area (Å²) in [6, 6.07) is 5.01. The highest BCUT2D eigenvalue weighted by Crippen LogP contribution is 2.31. The van der Waals surface area contributed by atoms with Crippen molar-refractivity contribution in [2.75, 3.05) is 13.2 Å². The van der Waals surface area contributed by atoms with E-state index in [4.69, 9.17) is 14.3 Å². The van der Waals surface area contributed by atoms with Gasteiger partial charge in [-0.15, -0.1) is 10.2 Å². The molecule has 2 aromatic heterocycles. The van der Waals surface area contributed by atoms with Crippen LogP contribution in [0.1, 0.15) is 40.0 Å². The van der Waals surface area contributed by atoms with Gasteiger partial charge in [0.1, 0.15) is 18.1 Å². The standard InChI is InChI=1S/C20H21BrN4O5/c1-4-15-24-25-19(30-15)17-10(2)16(11(3)23-17)18(26)12-5-6-14(13(21)9-12)29-8-7-22-20(27)28/h5-6,9,22-23H,4,7-8H2,1-3H3,(H,27,28). The van der Waals surface area contributed by atoms with E-state index in [1.165, 1.54) is 0 Å². The van der Waals surface area contributed by atoms with Gasteiger partial charge in [0.2, 0.25) is 5.89 Å². The molecule has 0 fully saturated rings. The Labute approximate surface area is 181 Å². The van der Waals surface area contributed by atoms with Gasteiger partial charge in [0.15, 0.2) is 5.78 Å². The number of benzene rings is 1. The molecular formula is C20H21BrN4O5. The molecule has 0 radical (unpaired) electrons. The lowest BCUT2D eigenvalue weighted by molar-refractivity contribution is 0.103. The first-order valence-electron chi connectivity index (χ1n) is 9.27. The van der Waals surface area contributed by atoms with Crippen LogP contribution >= 0.6 is 15.9 Å². The molecule has 10 heteroatoms. The van der Waals surface area contributed by atoms with Crippen LogP contribution in [-0.4, -0.2) is 45.3 Å². The fourth-order valence-electron chi connectivity index (χ4n) is 3.02. The molecule has 3 aromatic rings. The number of hydrogen-bond donors (Lipinski definition) is 3. The molecule has 0 saturated heterocycles. The summed E-state index contributed by atoms with van der Waals surface area (Å²) in [4.78, 5) is 26.8. The second kappa shape index (κ2) is 9.12. The highest BCUT2D eigenvalue weighted by Gasteiger charge is 2.23. The van der Waals surface area contributed by atoms with Crippen molar-refractivity contribution in [1.29, 1.82) is 0 Å². The van der Waals surface area contributed by atoms with Crippen molar-refractivity contribution in [2.24, 2.45) is 0 Å². The van der Waals surface area contributed by atoms with E-state index in [0.29, 0.717) is 50.9 Å². The first-order valence-corrected chi connectivity index (χ1v) is 10.1. The van der Waals surface area contributed by atoms with Crippen LogP contribution in [0, 0.1) is 13.8 Å². The number of carboxylic acid groups (broad SMARTS) is 1. The minimum Gasteiger partial charge on any atom is -0.491 e. The Hall–Kier alpha value is -3.14. The first kappa shape index (κ1) is 21.6. The monoisotopic (exact) mass is 476 g/mol. The fourth-order valence-corrected chi connectivity index (χ4v) is 3.52. The quantitative estimate of drug-likeness (QED) is 0.332. The molecule has 1 aromatic carbocycles. The summed E-state index contributed by atoms with van der Waals surface area (Å²) in [5.74, 6) is 1.25. The lowest BCUT2D eigenvalue weighted by Crippen LogP contribution is -2.26. The van der Waals surface area contributed by atoms with Gasteiger partial charge >= 0.3 is 6.09 Å². The molecule has 0 unspecified atom stereocenters. The third kappa shape index (κ3) is 4.54. The van der Waals surface area contributed by atoms with Gasteiger partial charge in [0, 0.05) is 23.2 Å². The van der Waals surface area contributed by atoms with Crippen LogP contribution in [0.5, 0.6) is 5.75 Å². The van der Waals surface area contributed by atoms with E-state index in [1.807, 2.05) is 20.8 Å². The summed E-state index contributed by atoms with van der Waals surface area (Å²) in [5.41, 5.74) is 3.11. The molecule has 0 aliphatic carbocycles. The normalized spacial score (nSPS) is 10.8. The number of rotatable bonds is 8. The second-order valence-electron chi connectivity index (χ2n) is 6.53. The minimum absolute atomic E-state index is 0.150. The highest BCUT2D eigenvalue weighted by molar-refractivity contribution is 9.10. The van der Waals surface area contributed by atoms with Gasteiger partial charge in [-0.25, -0.2) is 4.79 Å². The number of nitrogens with one attached hydrogen (secondary N) is 2. The lowest BCUT2D eigenvalue weighted by atomic mass is 9.99. The molecule has 3 N–H and O–H groups in total. The number of aryl methyl sites for hydroxylation is 2. The topological polar surface area (TPSA) is 130 Å². The van der Waals surface area contributed by atoms with Crippen LogP contribution in [0.15, 0.2) is 27.1 Å². The number of halogens is 1. The molecule has 0 bridgehead atoms. The molecule has 2 heterocycles. The fraction of sp³-hybridized carbons (Fsp3) is 0.300. The third-order valence-corrected chi connectivity index (χ3v) is 5.10. The van der Waals surface area contributed by atoms with Gasteiger partial charge in [0.05, 0.1) is 11.0 Å². The number of H-pyrrole nitrogens is 1. The number of carbonyl (C=O) groups excluding carboxylic acids is 1. The van der Waals surface area contributed by atoms with Crippen molar-refractivity contribution in [3.8, 4) is 17.3 Å². The maximum atomic E-state index is 13.2. The van der Waals surface area contributed by atoms with Crippen molar-refractivity contribution < 1.29 is 23.8 Å². The van der Waals surface area contributed by atoms with Crippen LogP contribution in [-0.2, 0) is 6.42 Å². The Morgan fingerprint density at radius 3 is 2.70 bits per heavy atom. The summed E-state index contributed by atoms with van der Waals surface area (Å²) < 4.78 is 11.7. The number of ether oxygens (including phenoxy) is 1. The molecule has 0 spiro atoms. The number of hydrogen-bond acceptors (Lipinski definition) is 6. The van der Waals surface area contributed by atoms with E-state index in [1.54, 1.807) is 18.2 Å². The summed E-state index contributed by atoms with van der Waals surface area (Å²) in [7, 11) is 0. The van der Waals surface area contributed by atoms with E-state index in [-0.39, 0.29) is 18.9 Å². The highest BCUT2D eigenvalue weighted by atomic mass is 79.9. The number of carbonyl (C=O) groups is 2. The Morgan fingerprint density at radius 2 is 2.07 bits per heavy atom. The number of ketones is 1. The smallest absolute Gasteiger partial charge is 0.404 e. The maximum Gasteiger partial charge on any atom is 0.404 e. The first-order chi connectivity index (χ1) is 14.3. The SMILES string of the molecule is CCc1nnc(-c2[nH]c(C)c(C(=O)c3ccc(OCCNC(=O)O)c(Br)c3)c2C)o1. The van der Waals surface area contributed by atoms with Crippen LogP contribution in [0.2, 0.25) is 0 Å². The predicted octanol–water partition coefficient (Wildman–Crippen LogP) is 3.88. The number of aromatic nitrogens is 3. The van der Waals surface area contributed by atoms with Crippen LogP contribution < -0.4 is 10.1 Å². The zero-order chi connectivity index (χ0) is 21.8. The zero-order valence-electron chi connectivity index (χ0n) is 16.7. The average molecular weight is 477 g/mol. The molecule has 0 saturated carbocycles. The maximum absolute atomic E-state index is 13.2. The molecule has 30 heavy (non-hydrogen) atoms. The van der Waals surface area contributed by atoms with Crippen LogP contribution in [0.25, 0.3) is 11.6 Å². The minimum atomic E-state index is -1.11. The molecule has 9 nitrogen and oxygen atoms in total. The second-order valence-corrected chi connectivity index (χ2v) is 7.39. The van der Waals surface area contributed by atoms with E-state index in [9.17, 15) is 9.59 Å². The molecule has 3 rings (SSSR count). The van der Waals surface area contributed by atoms with Gasteiger partial charge in [0.25, 0.3) is 5.89 Å². The summed E-state index contributed by atoms with van der Waals surface area (Å²) in [5, 5.41) is 18.8. The predicted molar refractivity (Wildman–Crippen MR) is 112 cm³/mol. The number of aromatic amines is 1. The van der Waals surface area contributed by atoms with Crippen LogP contribution in [0.4, 0.5) is 4.79 Å². The Bertz CT molecular complexity index is 1090. The largest absolute Gasteiger partial charge is 0.491 e. The summed E-state index contributed by atoms with van der Waals surface area (Å²) >= 11 is 3.40. The number of nitrogens with zero attached hydrogens (tertiary/aromatic N) is 2. The Kier molecular flexibility index (Phi) is 6.56. The van der Waals surface area contributed by atoms with Crippen molar-refractivity contribution in [2.45, 2.75) is 27.2 Å². The molecular weight excluding hydrogens is 456 g/mol. The van der Waals surface area contributed by atoms with E-state index in [0.717, 1.165) is 5.56 Å². The molecule has 0 aliphatic heterocycles. The molecule has 0 aliphatic rings. The van der Waals surface area contributed by atoms with E-state index >= 15 is 0 Å². The van der Waals surface area contributed by atoms with Crippen molar-refractivity contribution in [1.82, 2.24) is 20.5 Å². The van der Waals surface area contributed by atoms with Crippen molar-refractivity contribution in [3.05, 3.63) is 50.9 Å². The lowest BCUT2D eigenvalue weighted by Gasteiger charge is -2.10. The van der Waals surface area contributed by atoms with E-state index < -0.39 is 6.09 Å². The number of amides is 1. The van der Waals surface area contributed by atoms with Gasteiger partial charge in [-0.05, 0) is 53.5 Å². The van der Waals surface area contributed by atoms with Crippen LogP contribution in [0.3, 0.4) is 0 Å². The van der Waals surface area contributed by atoms with Gasteiger partial charge in [-0.1, -0.05) is 6.92 Å². The van der Waals surface area contributed by atoms with Crippen molar-refractivity contribution in [3.63, 3.8) is 0 Å². The average Bonchev–Trinajstić information content (AvgIpc) is 3.29. The summed E-state index contributed by atoms with van der Waals surface area (Å²) in [6.45, 7) is 5.91. The van der Waals surface area contributed by atoms with Gasteiger partial charge in [-0.3, -0.25) is 4.79 Å². The van der Waals surface area contributed by atoms with Crippen molar-refractivity contribution >= 4 is 27.8 Å². The van der Waals surface area contributed by atoms with Gasteiger partial charge < -0.3 is 24.6 Å². The Balaban J connectivity index is 1.81. The zero-order valence-corrected chi connectivity index (χ0v) is 18.3. The third-order valence-electron chi connectivity index (χ3n) is 4.48. The Morgan fingerprint density at radius 1 is 1.30 bits per heavy atom. The van der Waals surface area contributed by atoms with Gasteiger partial charge in [-0.2, -0.15) is 0 Å².